The summed E-state index contributed by atoms with van der Waals surface area (Å²) in [5, 5.41) is 6.75. The highest BCUT2D eigenvalue weighted by Crippen LogP contribution is 2.27. The van der Waals surface area contributed by atoms with Crippen molar-refractivity contribution in [2.24, 2.45) is 0 Å². The molecule has 4 rings (SSSR count). The average molecular weight is 390 g/mol. The van der Waals surface area contributed by atoms with Crippen LogP contribution in [0, 0.1) is 12.7 Å². The summed E-state index contributed by atoms with van der Waals surface area (Å²) in [6.45, 7) is 1.65. The predicted molar refractivity (Wildman–Crippen MR) is 103 cm³/mol. The lowest BCUT2D eigenvalue weighted by Crippen LogP contribution is -2.13. The monoisotopic (exact) mass is 390 g/mol. The van der Waals surface area contributed by atoms with Crippen molar-refractivity contribution < 1.29 is 18.4 Å². The van der Waals surface area contributed by atoms with E-state index in [-0.39, 0.29) is 17.3 Å². The van der Waals surface area contributed by atoms with E-state index in [0.29, 0.717) is 34.3 Å². The molecule has 1 amide bonds. The van der Waals surface area contributed by atoms with Crippen LogP contribution in [-0.4, -0.2) is 21.0 Å². The summed E-state index contributed by atoms with van der Waals surface area (Å²) >= 11 is 0. The quantitative estimate of drug-likeness (QED) is 0.535. The van der Waals surface area contributed by atoms with Crippen molar-refractivity contribution in [2.45, 2.75) is 6.92 Å². The molecule has 0 aliphatic carbocycles. The third-order valence-electron chi connectivity index (χ3n) is 4.08. The number of hydrogen-bond donors (Lipinski definition) is 1. The minimum Gasteiger partial charge on any atom is -0.438 e. The smallest absolute Gasteiger partial charge is 0.261 e. The normalized spacial score (nSPS) is 10.6. The van der Waals surface area contributed by atoms with Crippen LogP contribution >= 0.6 is 0 Å². The van der Waals surface area contributed by atoms with Gasteiger partial charge in [-0.05, 0) is 55.5 Å². The fourth-order valence-electron chi connectivity index (χ4n) is 2.70. The maximum absolute atomic E-state index is 13.2. The Hall–Kier alpha value is -4.07. The minimum atomic E-state index is -0.384. The first-order valence-corrected chi connectivity index (χ1v) is 8.67. The number of carbonyl (C=O) groups excluding carboxylic acids is 1. The molecule has 0 aliphatic heterocycles. The van der Waals surface area contributed by atoms with Crippen LogP contribution in [0.25, 0.3) is 11.3 Å². The first-order chi connectivity index (χ1) is 14.1. The molecule has 1 N–H and O–H groups in total. The molecule has 2 aromatic carbocycles. The highest BCUT2D eigenvalue weighted by atomic mass is 19.1. The first kappa shape index (κ1) is 18.3. The molecule has 2 heterocycles. The zero-order chi connectivity index (χ0) is 20.2. The molecule has 0 atom stereocenters. The Labute approximate surface area is 165 Å². The van der Waals surface area contributed by atoms with Gasteiger partial charge in [0.25, 0.3) is 5.91 Å². The summed E-state index contributed by atoms with van der Waals surface area (Å²) in [4.78, 5) is 20.8. The van der Waals surface area contributed by atoms with Gasteiger partial charge in [-0.3, -0.25) is 9.78 Å². The predicted octanol–water partition coefficient (Wildman–Crippen LogP) is 4.62. The molecular weight excluding hydrogens is 375 g/mol. The molecule has 0 saturated heterocycles. The minimum absolute atomic E-state index is 0.288. The number of nitrogens with zero attached hydrogens (tertiary/aromatic N) is 3. The zero-order valence-corrected chi connectivity index (χ0v) is 15.3. The van der Waals surface area contributed by atoms with Crippen LogP contribution in [0.2, 0.25) is 0 Å². The summed E-state index contributed by atoms with van der Waals surface area (Å²) in [6.07, 6.45) is 4.59. The fourth-order valence-corrected chi connectivity index (χ4v) is 2.70. The lowest BCUT2D eigenvalue weighted by Gasteiger charge is -2.08. The van der Waals surface area contributed by atoms with Gasteiger partial charge in [-0.1, -0.05) is 5.16 Å². The van der Waals surface area contributed by atoms with Gasteiger partial charge in [0, 0.05) is 23.6 Å². The van der Waals surface area contributed by atoms with Crippen molar-refractivity contribution >= 4 is 11.6 Å². The van der Waals surface area contributed by atoms with E-state index in [4.69, 9.17) is 9.26 Å². The van der Waals surface area contributed by atoms with E-state index in [1.54, 1.807) is 49.5 Å². The standard InChI is InChI=1S/C21H15FN4O3/c1-13-19(20(26-29-13)14-2-4-15(22)5-3-14)21(27)25-16-6-8-17(9-7-16)28-18-12-23-10-11-24-18/h2-12H,1H3,(H,25,27). The second-order valence-electron chi connectivity index (χ2n) is 6.09. The maximum atomic E-state index is 13.2. The summed E-state index contributed by atoms with van der Waals surface area (Å²) in [5.74, 6) is 0.531. The molecule has 0 fully saturated rings. The number of amides is 1. The van der Waals surface area contributed by atoms with Crippen LogP contribution in [0.3, 0.4) is 0 Å². The van der Waals surface area contributed by atoms with E-state index >= 15 is 0 Å². The van der Waals surface area contributed by atoms with E-state index in [9.17, 15) is 9.18 Å². The molecule has 0 unspecified atom stereocenters. The molecule has 0 bridgehead atoms. The number of carbonyl (C=O) groups is 1. The number of halogens is 1. The number of nitrogens with one attached hydrogen (secondary N) is 1. The average Bonchev–Trinajstić information content (AvgIpc) is 3.12. The van der Waals surface area contributed by atoms with Crippen molar-refractivity contribution in [1.82, 2.24) is 15.1 Å². The van der Waals surface area contributed by atoms with Gasteiger partial charge in [0.2, 0.25) is 5.88 Å². The van der Waals surface area contributed by atoms with Gasteiger partial charge < -0.3 is 14.6 Å². The van der Waals surface area contributed by atoms with Crippen molar-refractivity contribution in [3.8, 4) is 22.9 Å². The number of aryl methyl sites for hydroxylation is 1. The molecule has 29 heavy (non-hydrogen) atoms. The molecule has 144 valence electrons. The second-order valence-corrected chi connectivity index (χ2v) is 6.09. The third-order valence-corrected chi connectivity index (χ3v) is 4.08. The Balaban J connectivity index is 1.51. The summed E-state index contributed by atoms with van der Waals surface area (Å²) in [5.41, 5.74) is 1.78. The van der Waals surface area contributed by atoms with Crippen LogP contribution in [0.1, 0.15) is 16.1 Å². The van der Waals surface area contributed by atoms with E-state index in [0.717, 1.165) is 0 Å². The van der Waals surface area contributed by atoms with Crippen LogP contribution < -0.4 is 10.1 Å². The van der Waals surface area contributed by atoms with E-state index < -0.39 is 0 Å². The van der Waals surface area contributed by atoms with E-state index in [2.05, 4.69) is 20.4 Å². The highest BCUT2D eigenvalue weighted by Gasteiger charge is 2.21. The van der Waals surface area contributed by atoms with Crippen molar-refractivity contribution in [3.63, 3.8) is 0 Å². The molecule has 2 aromatic heterocycles. The van der Waals surface area contributed by atoms with Gasteiger partial charge in [0.15, 0.2) is 0 Å². The Bertz CT molecular complexity index is 1130. The molecule has 0 saturated carbocycles. The number of anilines is 1. The molecule has 0 aliphatic rings. The van der Waals surface area contributed by atoms with Crippen molar-refractivity contribution in [2.75, 3.05) is 5.32 Å². The van der Waals surface area contributed by atoms with Gasteiger partial charge in [0.1, 0.15) is 28.6 Å². The topological polar surface area (TPSA) is 90.1 Å². The van der Waals surface area contributed by atoms with Crippen LogP contribution in [0.4, 0.5) is 10.1 Å². The lowest BCUT2D eigenvalue weighted by molar-refractivity contribution is 0.102. The van der Waals surface area contributed by atoms with Crippen LogP contribution in [0.15, 0.2) is 71.6 Å². The number of hydrogen-bond acceptors (Lipinski definition) is 6. The molecule has 4 aromatic rings. The SMILES string of the molecule is Cc1onc(-c2ccc(F)cc2)c1C(=O)Nc1ccc(Oc2cnccn2)cc1. The largest absolute Gasteiger partial charge is 0.438 e. The zero-order valence-electron chi connectivity index (χ0n) is 15.3. The molecular formula is C21H15FN4O3. The van der Waals surface area contributed by atoms with Gasteiger partial charge in [0.05, 0.1) is 6.20 Å². The Morgan fingerprint density at radius 1 is 1.07 bits per heavy atom. The molecule has 0 radical (unpaired) electrons. The maximum Gasteiger partial charge on any atom is 0.261 e. The Morgan fingerprint density at radius 2 is 1.83 bits per heavy atom. The Kier molecular flexibility index (Phi) is 4.98. The summed E-state index contributed by atoms with van der Waals surface area (Å²) in [6, 6.07) is 12.5. The summed E-state index contributed by atoms with van der Waals surface area (Å²) in [7, 11) is 0. The number of aromatic nitrogens is 3. The number of ether oxygens (including phenoxy) is 1. The van der Waals surface area contributed by atoms with Crippen molar-refractivity contribution in [1.29, 1.82) is 0 Å². The number of rotatable bonds is 5. The van der Waals surface area contributed by atoms with Crippen LogP contribution in [-0.2, 0) is 0 Å². The van der Waals surface area contributed by atoms with Crippen molar-refractivity contribution in [3.05, 3.63) is 84.3 Å². The fraction of sp³-hybridized carbons (Fsp3) is 0.0476. The van der Waals surface area contributed by atoms with Crippen LogP contribution in [0.5, 0.6) is 11.6 Å². The highest BCUT2D eigenvalue weighted by molar-refractivity contribution is 6.08. The first-order valence-electron chi connectivity index (χ1n) is 8.67. The van der Waals surface area contributed by atoms with Gasteiger partial charge in [-0.15, -0.1) is 0 Å². The van der Waals surface area contributed by atoms with Gasteiger partial charge >= 0.3 is 0 Å². The van der Waals surface area contributed by atoms with E-state index in [1.807, 2.05) is 0 Å². The summed E-state index contributed by atoms with van der Waals surface area (Å²) < 4.78 is 23.9. The lowest BCUT2D eigenvalue weighted by atomic mass is 10.1. The second kappa shape index (κ2) is 7.89. The van der Waals surface area contributed by atoms with E-state index in [1.165, 1.54) is 24.5 Å². The number of benzene rings is 2. The Morgan fingerprint density at radius 3 is 2.52 bits per heavy atom. The molecule has 0 spiro atoms. The third kappa shape index (κ3) is 4.11. The van der Waals surface area contributed by atoms with Gasteiger partial charge in [-0.25, -0.2) is 9.37 Å². The van der Waals surface area contributed by atoms with Gasteiger partial charge in [-0.2, -0.15) is 0 Å². The molecule has 8 heteroatoms. The molecule has 7 nitrogen and oxygen atoms in total.